The molecule has 102 valence electrons. The van der Waals surface area contributed by atoms with Crippen molar-refractivity contribution in [3.05, 3.63) is 34.9 Å². The number of halogens is 1. The van der Waals surface area contributed by atoms with E-state index in [0.29, 0.717) is 24.0 Å². The van der Waals surface area contributed by atoms with Gasteiger partial charge in [0.05, 0.1) is 6.04 Å². The summed E-state index contributed by atoms with van der Waals surface area (Å²) in [5.74, 6) is 1.33. The highest BCUT2D eigenvalue weighted by Gasteiger charge is 2.32. The number of nitrogens with two attached hydrogens (primary N) is 1. The van der Waals surface area contributed by atoms with Crippen molar-refractivity contribution in [2.45, 2.75) is 43.7 Å². The van der Waals surface area contributed by atoms with E-state index in [-0.39, 0.29) is 0 Å². The number of aliphatic imine (C=N–C) groups is 1. The summed E-state index contributed by atoms with van der Waals surface area (Å²) in [4.78, 5) is 6.75. The smallest absolute Gasteiger partial charge is 0.191 e. The SMILES string of the molecule is CN(C(N)=NC1CC(c2ccc(Cl)cc2)C1)C1CC1. The van der Waals surface area contributed by atoms with E-state index >= 15 is 0 Å². The molecule has 0 bridgehead atoms. The molecule has 0 saturated heterocycles. The van der Waals surface area contributed by atoms with Gasteiger partial charge in [-0.3, -0.25) is 0 Å². The summed E-state index contributed by atoms with van der Waals surface area (Å²) in [6.45, 7) is 0. The van der Waals surface area contributed by atoms with Crippen molar-refractivity contribution in [3.63, 3.8) is 0 Å². The third-order valence-electron chi connectivity index (χ3n) is 4.23. The van der Waals surface area contributed by atoms with Crippen LogP contribution in [0.1, 0.15) is 37.2 Å². The molecule has 19 heavy (non-hydrogen) atoms. The Balaban J connectivity index is 1.54. The Kier molecular flexibility index (Phi) is 3.40. The predicted molar refractivity (Wildman–Crippen MR) is 79.6 cm³/mol. The fourth-order valence-electron chi connectivity index (χ4n) is 2.63. The highest BCUT2D eigenvalue weighted by Crippen LogP contribution is 2.39. The van der Waals surface area contributed by atoms with Gasteiger partial charge in [0, 0.05) is 18.1 Å². The molecule has 0 amide bonds. The zero-order valence-electron chi connectivity index (χ0n) is 11.2. The zero-order chi connectivity index (χ0) is 13.4. The number of guanidine groups is 1. The lowest BCUT2D eigenvalue weighted by molar-refractivity contribution is 0.347. The molecule has 2 fully saturated rings. The molecule has 1 aromatic carbocycles. The standard InChI is InChI=1S/C15H20ClN3/c1-19(14-6-7-14)15(17)18-13-8-11(9-13)10-2-4-12(16)5-3-10/h2-5,11,13-14H,6-9H2,1H3,(H2,17,18). The molecule has 2 saturated carbocycles. The van der Waals surface area contributed by atoms with Crippen LogP contribution in [0.15, 0.2) is 29.3 Å². The Hall–Kier alpha value is -1.22. The van der Waals surface area contributed by atoms with Crippen molar-refractivity contribution >= 4 is 17.6 Å². The van der Waals surface area contributed by atoms with Crippen LogP contribution in [0.4, 0.5) is 0 Å². The van der Waals surface area contributed by atoms with Crippen molar-refractivity contribution < 1.29 is 0 Å². The predicted octanol–water partition coefficient (Wildman–Crippen LogP) is 2.99. The van der Waals surface area contributed by atoms with Gasteiger partial charge in [0.1, 0.15) is 0 Å². The second-order valence-corrected chi connectivity index (χ2v) is 6.14. The Labute approximate surface area is 119 Å². The second kappa shape index (κ2) is 5.04. The first kappa shape index (κ1) is 12.8. The van der Waals surface area contributed by atoms with Crippen molar-refractivity contribution in [1.82, 2.24) is 4.90 Å². The van der Waals surface area contributed by atoms with Gasteiger partial charge in [0.15, 0.2) is 5.96 Å². The maximum atomic E-state index is 6.03. The lowest BCUT2D eigenvalue weighted by Crippen LogP contribution is -2.38. The molecule has 0 aromatic heterocycles. The van der Waals surface area contributed by atoms with Crippen LogP contribution in [-0.2, 0) is 0 Å². The van der Waals surface area contributed by atoms with Gasteiger partial charge in [-0.15, -0.1) is 0 Å². The van der Waals surface area contributed by atoms with Crippen molar-refractivity contribution in [3.8, 4) is 0 Å². The molecule has 3 rings (SSSR count). The lowest BCUT2D eigenvalue weighted by Gasteiger charge is -2.34. The van der Waals surface area contributed by atoms with Crippen LogP contribution >= 0.6 is 11.6 Å². The average molecular weight is 278 g/mol. The highest BCUT2D eigenvalue weighted by molar-refractivity contribution is 6.30. The van der Waals surface area contributed by atoms with Crippen LogP contribution in [0.25, 0.3) is 0 Å². The molecule has 1 aromatic rings. The van der Waals surface area contributed by atoms with E-state index in [1.54, 1.807) is 0 Å². The molecule has 4 heteroatoms. The van der Waals surface area contributed by atoms with Gasteiger partial charge >= 0.3 is 0 Å². The molecule has 0 atom stereocenters. The number of rotatable bonds is 3. The average Bonchev–Trinajstić information content (AvgIpc) is 3.17. The molecule has 0 aliphatic heterocycles. The highest BCUT2D eigenvalue weighted by atomic mass is 35.5. The fourth-order valence-corrected chi connectivity index (χ4v) is 2.75. The Morgan fingerprint density at radius 2 is 1.89 bits per heavy atom. The third-order valence-corrected chi connectivity index (χ3v) is 4.48. The zero-order valence-corrected chi connectivity index (χ0v) is 12.0. The van der Waals surface area contributed by atoms with E-state index in [2.05, 4.69) is 22.0 Å². The maximum absolute atomic E-state index is 6.03. The van der Waals surface area contributed by atoms with Crippen LogP contribution in [0.2, 0.25) is 5.02 Å². The number of hydrogen-bond donors (Lipinski definition) is 1. The normalized spacial score (nSPS) is 26.9. The molecule has 0 unspecified atom stereocenters. The minimum Gasteiger partial charge on any atom is -0.370 e. The summed E-state index contributed by atoms with van der Waals surface area (Å²) < 4.78 is 0. The summed E-state index contributed by atoms with van der Waals surface area (Å²) in [5.41, 5.74) is 7.40. The first-order valence-electron chi connectivity index (χ1n) is 6.95. The van der Waals surface area contributed by atoms with Gasteiger partial charge in [-0.1, -0.05) is 23.7 Å². The molecule has 3 nitrogen and oxygen atoms in total. The molecule has 2 aliphatic carbocycles. The van der Waals surface area contributed by atoms with Crippen molar-refractivity contribution in [2.24, 2.45) is 10.7 Å². The van der Waals surface area contributed by atoms with Crippen LogP contribution in [0.3, 0.4) is 0 Å². The van der Waals surface area contributed by atoms with E-state index in [0.717, 1.165) is 17.9 Å². The van der Waals surface area contributed by atoms with Crippen LogP contribution < -0.4 is 5.73 Å². The number of benzene rings is 1. The van der Waals surface area contributed by atoms with Crippen molar-refractivity contribution in [2.75, 3.05) is 7.05 Å². The summed E-state index contributed by atoms with van der Waals surface area (Å²) in [6.07, 6.45) is 4.71. The molecular formula is C15H20ClN3. The van der Waals surface area contributed by atoms with E-state index in [1.807, 2.05) is 19.2 Å². The van der Waals surface area contributed by atoms with Gasteiger partial charge in [-0.2, -0.15) is 0 Å². The first-order chi connectivity index (χ1) is 9.13. The van der Waals surface area contributed by atoms with Crippen LogP contribution in [-0.4, -0.2) is 30.0 Å². The summed E-state index contributed by atoms with van der Waals surface area (Å²) >= 11 is 5.90. The summed E-state index contributed by atoms with van der Waals surface area (Å²) in [5, 5.41) is 0.799. The molecule has 0 heterocycles. The maximum Gasteiger partial charge on any atom is 0.191 e. The molecule has 2 N–H and O–H groups in total. The fraction of sp³-hybridized carbons (Fsp3) is 0.533. The topological polar surface area (TPSA) is 41.6 Å². The van der Waals surface area contributed by atoms with Gasteiger partial charge in [-0.05, 0) is 49.3 Å². The van der Waals surface area contributed by atoms with Gasteiger partial charge in [0.2, 0.25) is 0 Å². The van der Waals surface area contributed by atoms with E-state index in [4.69, 9.17) is 17.3 Å². The van der Waals surface area contributed by atoms with E-state index < -0.39 is 0 Å². The largest absolute Gasteiger partial charge is 0.370 e. The van der Waals surface area contributed by atoms with E-state index in [9.17, 15) is 0 Å². The third kappa shape index (κ3) is 2.86. The molecule has 2 aliphatic rings. The quantitative estimate of drug-likeness (QED) is 0.682. The second-order valence-electron chi connectivity index (χ2n) is 5.70. The lowest BCUT2D eigenvalue weighted by atomic mass is 9.76. The van der Waals surface area contributed by atoms with Gasteiger partial charge < -0.3 is 10.6 Å². The minimum absolute atomic E-state index is 0.391. The van der Waals surface area contributed by atoms with Gasteiger partial charge in [-0.25, -0.2) is 4.99 Å². The van der Waals surface area contributed by atoms with Crippen LogP contribution in [0, 0.1) is 0 Å². The number of nitrogens with zero attached hydrogens (tertiary/aromatic N) is 2. The summed E-state index contributed by atoms with van der Waals surface area (Å²) in [6, 6.07) is 9.18. The summed E-state index contributed by atoms with van der Waals surface area (Å²) in [7, 11) is 2.05. The Bertz CT molecular complexity index is 473. The monoisotopic (exact) mass is 277 g/mol. The number of hydrogen-bond acceptors (Lipinski definition) is 1. The Morgan fingerprint density at radius 3 is 2.47 bits per heavy atom. The molecular weight excluding hydrogens is 258 g/mol. The van der Waals surface area contributed by atoms with Crippen molar-refractivity contribution in [1.29, 1.82) is 0 Å². The first-order valence-corrected chi connectivity index (χ1v) is 7.33. The van der Waals surface area contributed by atoms with Crippen LogP contribution in [0.5, 0.6) is 0 Å². The molecule has 0 spiro atoms. The minimum atomic E-state index is 0.391. The van der Waals surface area contributed by atoms with Gasteiger partial charge in [0.25, 0.3) is 0 Å². The molecule has 0 radical (unpaired) electrons. The van der Waals surface area contributed by atoms with E-state index in [1.165, 1.54) is 18.4 Å². The Morgan fingerprint density at radius 1 is 1.26 bits per heavy atom.